The smallest absolute Gasteiger partial charge is 0.338 e. The van der Waals surface area contributed by atoms with E-state index in [0.29, 0.717) is 24.5 Å². The van der Waals surface area contributed by atoms with Crippen molar-refractivity contribution >= 4 is 5.97 Å². The molecule has 23 heavy (non-hydrogen) atoms. The van der Waals surface area contributed by atoms with Crippen LogP contribution in [0.1, 0.15) is 49.9 Å². The number of phenols is 1. The minimum Gasteiger partial charge on any atom is -0.504 e. The van der Waals surface area contributed by atoms with Crippen molar-refractivity contribution in [2.24, 2.45) is 0 Å². The van der Waals surface area contributed by atoms with Crippen LogP contribution in [-0.4, -0.2) is 48.3 Å². The second-order valence-corrected chi connectivity index (χ2v) is 6.08. The molecule has 1 aliphatic heterocycles. The molecular weight excluding hydrogens is 294 g/mol. The van der Waals surface area contributed by atoms with Gasteiger partial charge >= 0.3 is 5.97 Å². The highest BCUT2D eigenvalue weighted by Crippen LogP contribution is 2.27. The van der Waals surface area contributed by atoms with Crippen LogP contribution in [0.3, 0.4) is 0 Å². The highest BCUT2D eigenvalue weighted by atomic mass is 16.5. The lowest BCUT2D eigenvalue weighted by Gasteiger charge is -2.31. The summed E-state index contributed by atoms with van der Waals surface area (Å²) in [6, 6.07) is 4.79. The Hall–Kier alpha value is -1.75. The minimum absolute atomic E-state index is 0.0386. The molecule has 0 aliphatic carbocycles. The topological polar surface area (TPSA) is 59.0 Å². The van der Waals surface area contributed by atoms with E-state index in [1.807, 2.05) is 6.92 Å². The summed E-state index contributed by atoms with van der Waals surface area (Å²) in [7, 11) is 0. The maximum Gasteiger partial charge on any atom is 0.338 e. The number of hydrogen-bond acceptors (Lipinski definition) is 5. The molecule has 0 radical (unpaired) electrons. The van der Waals surface area contributed by atoms with Gasteiger partial charge in [0.15, 0.2) is 11.5 Å². The lowest BCUT2D eigenvalue weighted by atomic mass is 10.1. The number of benzene rings is 1. The first-order valence-corrected chi connectivity index (χ1v) is 8.48. The molecule has 1 N–H and O–H groups in total. The summed E-state index contributed by atoms with van der Waals surface area (Å²) in [4.78, 5) is 14.6. The fourth-order valence-corrected chi connectivity index (χ4v) is 2.71. The van der Waals surface area contributed by atoms with E-state index < -0.39 is 0 Å². The SMILES string of the molecule is CCCOc1cc(C(=O)OC[C@H](C)N2CCCCC2)ccc1O. The van der Waals surface area contributed by atoms with Crippen LogP contribution in [0.15, 0.2) is 18.2 Å². The average Bonchev–Trinajstić information content (AvgIpc) is 2.59. The van der Waals surface area contributed by atoms with Crippen LogP contribution in [0.4, 0.5) is 0 Å². The third-order valence-electron chi connectivity index (χ3n) is 4.13. The lowest BCUT2D eigenvalue weighted by molar-refractivity contribution is 0.0347. The summed E-state index contributed by atoms with van der Waals surface area (Å²) in [5, 5.41) is 9.75. The molecule has 5 nitrogen and oxygen atoms in total. The van der Waals surface area contributed by atoms with Crippen molar-refractivity contribution in [3.05, 3.63) is 23.8 Å². The van der Waals surface area contributed by atoms with Crippen LogP contribution < -0.4 is 4.74 Å². The highest BCUT2D eigenvalue weighted by Gasteiger charge is 2.19. The molecule has 128 valence electrons. The Bertz CT molecular complexity index is 512. The Morgan fingerprint density at radius 2 is 2.04 bits per heavy atom. The number of nitrogens with zero attached hydrogens (tertiary/aromatic N) is 1. The van der Waals surface area contributed by atoms with Crippen LogP contribution in [0, 0.1) is 0 Å². The van der Waals surface area contributed by atoms with Crippen LogP contribution in [0.2, 0.25) is 0 Å². The van der Waals surface area contributed by atoms with Gasteiger partial charge in [-0.15, -0.1) is 0 Å². The Kier molecular flexibility index (Phi) is 6.71. The Balaban J connectivity index is 1.89. The van der Waals surface area contributed by atoms with Crippen LogP contribution in [-0.2, 0) is 4.74 Å². The number of esters is 1. The quantitative estimate of drug-likeness (QED) is 0.782. The molecule has 0 aromatic heterocycles. The van der Waals surface area contributed by atoms with Crippen molar-refractivity contribution in [1.29, 1.82) is 0 Å². The molecule has 0 spiro atoms. The molecule has 1 saturated heterocycles. The van der Waals surface area contributed by atoms with Crippen molar-refractivity contribution in [3.8, 4) is 11.5 Å². The van der Waals surface area contributed by atoms with Crippen molar-refractivity contribution in [3.63, 3.8) is 0 Å². The predicted molar refractivity (Wildman–Crippen MR) is 89.1 cm³/mol. The Morgan fingerprint density at radius 1 is 1.30 bits per heavy atom. The normalized spacial score (nSPS) is 16.8. The fraction of sp³-hybridized carbons (Fsp3) is 0.611. The number of ether oxygens (including phenoxy) is 2. The third kappa shape index (κ3) is 5.13. The molecule has 1 fully saturated rings. The largest absolute Gasteiger partial charge is 0.504 e. The molecule has 2 rings (SSSR count). The molecule has 1 atom stereocenters. The zero-order valence-electron chi connectivity index (χ0n) is 14.1. The van der Waals surface area contributed by atoms with Crippen molar-refractivity contribution < 1.29 is 19.4 Å². The van der Waals surface area contributed by atoms with E-state index in [1.165, 1.54) is 25.3 Å². The molecule has 1 aliphatic rings. The standard InChI is InChI=1S/C18H27NO4/c1-3-11-22-17-12-15(7-8-16(17)20)18(21)23-13-14(2)19-9-5-4-6-10-19/h7-8,12,14,20H,3-6,9-11,13H2,1-2H3/t14-/m0/s1. The van der Waals surface area contributed by atoms with E-state index in [-0.39, 0.29) is 17.8 Å². The molecule has 0 saturated carbocycles. The number of phenolic OH excluding ortho intramolecular Hbond substituents is 1. The van der Waals surface area contributed by atoms with Crippen molar-refractivity contribution in [1.82, 2.24) is 4.90 Å². The van der Waals surface area contributed by atoms with Gasteiger partial charge in [-0.05, 0) is 57.5 Å². The van der Waals surface area contributed by atoms with Gasteiger partial charge in [-0.25, -0.2) is 4.79 Å². The van der Waals surface area contributed by atoms with Gasteiger partial charge in [-0.2, -0.15) is 0 Å². The summed E-state index contributed by atoms with van der Waals surface area (Å²) >= 11 is 0. The van der Waals surface area contributed by atoms with E-state index >= 15 is 0 Å². The summed E-state index contributed by atoms with van der Waals surface area (Å²) < 4.78 is 10.9. The van der Waals surface area contributed by atoms with Crippen molar-refractivity contribution in [2.75, 3.05) is 26.3 Å². The predicted octanol–water partition coefficient (Wildman–Crippen LogP) is 3.21. The van der Waals surface area contributed by atoms with Gasteiger partial charge in [0.25, 0.3) is 0 Å². The number of aromatic hydroxyl groups is 1. The maximum atomic E-state index is 12.2. The van der Waals surface area contributed by atoms with Gasteiger partial charge in [-0.3, -0.25) is 4.90 Å². The zero-order chi connectivity index (χ0) is 16.7. The number of carbonyl (C=O) groups excluding carboxylic acids is 1. The average molecular weight is 321 g/mol. The molecule has 1 aromatic rings. The summed E-state index contributed by atoms with van der Waals surface area (Å²) in [6.07, 6.45) is 4.56. The second kappa shape index (κ2) is 8.77. The molecular formula is C18H27NO4. The molecule has 0 unspecified atom stereocenters. The number of rotatable bonds is 7. The third-order valence-corrected chi connectivity index (χ3v) is 4.13. The maximum absolute atomic E-state index is 12.2. The molecule has 0 bridgehead atoms. The molecule has 0 amide bonds. The van der Waals surface area contributed by atoms with E-state index in [0.717, 1.165) is 19.5 Å². The van der Waals surface area contributed by atoms with E-state index in [9.17, 15) is 9.90 Å². The summed E-state index contributed by atoms with van der Waals surface area (Å²) in [6.45, 7) is 7.10. The van der Waals surface area contributed by atoms with Crippen LogP contribution >= 0.6 is 0 Å². The zero-order valence-corrected chi connectivity index (χ0v) is 14.1. The summed E-state index contributed by atoms with van der Waals surface area (Å²) in [5.41, 5.74) is 0.403. The van der Waals surface area contributed by atoms with Gasteiger partial charge in [0, 0.05) is 6.04 Å². The van der Waals surface area contributed by atoms with Gasteiger partial charge in [0.1, 0.15) is 6.61 Å². The fourth-order valence-electron chi connectivity index (χ4n) is 2.71. The second-order valence-electron chi connectivity index (χ2n) is 6.08. The number of carbonyl (C=O) groups is 1. The van der Waals surface area contributed by atoms with Gasteiger partial charge in [0.2, 0.25) is 0 Å². The highest BCUT2D eigenvalue weighted by molar-refractivity contribution is 5.90. The number of piperidine rings is 1. The Morgan fingerprint density at radius 3 is 2.74 bits per heavy atom. The minimum atomic E-state index is -0.379. The van der Waals surface area contributed by atoms with Crippen LogP contribution in [0.5, 0.6) is 11.5 Å². The van der Waals surface area contributed by atoms with E-state index in [4.69, 9.17) is 9.47 Å². The van der Waals surface area contributed by atoms with E-state index in [1.54, 1.807) is 12.1 Å². The van der Waals surface area contributed by atoms with Gasteiger partial charge < -0.3 is 14.6 Å². The first-order valence-electron chi connectivity index (χ1n) is 8.48. The Labute approximate surface area is 138 Å². The lowest BCUT2D eigenvalue weighted by Crippen LogP contribution is -2.40. The van der Waals surface area contributed by atoms with Gasteiger partial charge in [-0.1, -0.05) is 13.3 Å². The number of hydrogen-bond donors (Lipinski definition) is 1. The van der Waals surface area contributed by atoms with Gasteiger partial charge in [0.05, 0.1) is 12.2 Å². The first-order chi connectivity index (χ1) is 11.1. The van der Waals surface area contributed by atoms with E-state index in [2.05, 4.69) is 11.8 Å². The molecule has 5 heteroatoms. The molecule has 1 aromatic carbocycles. The van der Waals surface area contributed by atoms with Crippen molar-refractivity contribution in [2.45, 2.75) is 45.6 Å². The summed E-state index contributed by atoms with van der Waals surface area (Å²) in [5.74, 6) is -0.0164. The number of likely N-dealkylation sites (tertiary alicyclic amines) is 1. The first kappa shape index (κ1) is 17.6. The van der Waals surface area contributed by atoms with Crippen LogP contribution in [0.25, 0.3) is 0 Å². The molecule has 1 heterocycles. The monoisotopic (exact) mass is 321 g/mol.